The fourth-order valence-electron chi connectivity index (χ4n) is 1.28. The zero-order chi connectivity index (χ0) is 13.2. The van der Waals surface area contributed by atoms with E-state index in [1.807, 2.05) is 20.8 Å². The highest BCUT2D eigenvalue weighted by Gasteiger charge is 2.27. The average Bonchev–Trinajstić information content (AvgIpc) is 2.21. The number of carbonyl (C=O) groups excluding carboxylic acids is 1. The van der Waals surface area contributed by atoms with E-state index in [-0.39, 0.29) is 17.1 Å². The standard InChI is InChI=1S/C13H19FN2O/c1-8-5-6-9(7-10(8)14)16-12(17)11(15)13(2,3)4/h5-7,11H,15H2,1-4H3,(H,16,17)/t11-/m0/s1. The topological polar surface area (TPSA) is 55.1 Å². The monoisotopic (exact) mass is 238 g/mol. The van der Waals surface area contributed by atoms with Gasteiger partial charge in [-0.1, -0.05) is 26.8 Å². The summed E-state index contributed by atoms with van der Waals surface area (Å²) in [5.74, 6) is -0.645. The van der Waals surface area contributed by atoms with Crippen LogP contribution >= 0.6 is 0 Å². The van der Waals surface area contributed by atoms with Gasteiger partial charge in [0.25, 0.3) is 0 Å². The van der Waals surface area contributed by atoms with Crippen LogP contribution in [-0.2, 0) is 4.79 Å². The minimum Gasteiger partial charge on any atom is -0.325 e. The number of amides is 1. The maximum Gasteiger partial charge on any atom is 0.241 e. The van der Waals surface area contributed by atoms with Crippen LogP contribution in [0, 0.1) is 18.2 Å². The molecule has 0 aliphatic rings. The van der Waals surface area contributed by atoms with Crippen LogP contribution in [0.25, 0.3) is 0 Å². The molecule has 1 aromatic rings. The molecule has 0 unspecified atom stereocenters. The van der Waals surface area contributed by atoms with Gasteiger partial charge in [0.1, 0.15) is 5.82 Å². The van der Waals surface area contributed by atoms with Gasteiger partial charge in [0.05, 0.1) is 6.04 Å². The first-order chi connectivity index (χ1) is 7.71. The van der Waals surface area contributed by atoms with Gasteiger partial charge in [0.15, 0.2) is 0 Å². The van der Waals surface area contributed by atoms with Crippen LogP contribution in [0.5, 0.6) is 0 Å². The van der Waals surface area contributed by atoms with E-state index in [9.17, 15) is 9.18 Å². The summed E-state index contributed by atoms with van der Waals surface area (Å²) in [7, 11) is 0. The molecule has 0 bridgehead atoms. The third-order valence-corrected chi connectivity index (χ3v) is 2.65. The predicted octanol–water partition coefficient (Wildman–Crippen LogP) is 2.45. The van der Waals surface area contributed by atoms with Gasteiger partial charge in [0.2, 0.25) is 5.91 Å². The normalized spacial score (nSPS) is 13.3. The SMILES string of the molecule is Cc1ccc(NC(=O)[C@H](N)C(C)(C)C)cc1F. The predicted molar refractivity (Wildman–Crippen MR) is 67.2 cm³/mol. The number of halogens is 1. The van der Waals surface area contributed by atoms with Crippen molar-refractivity contribution in [1.29, 1.82) is 0 Å². The number of hydrogen-bond donors (Lipinski definition) is 2. The Labute approximate surface area is 101 Å². The molecular weight excluding hydrogens is 219 g/mol. The highest BCUT2D eigenvalue weighted by atomic mass is 19.1. The maximum atomic E-state index is 13.3. The first-order valence-electron chi connectivity index (χ1n) is 5.54. The Morgan fingerprint density at radius 1 is 1.41 bits per heavy atom. The van der Waals surface area contributed by atoms with E-state index in [4.69, 9.17) is 5.73 Å². The molecule has 1 atom stereocenters. The Balaban J connectivity index is 2.78. The number of hydrogen-bond acceptors (Lipinski definition) is 2. The summed E-state index contributed by atoms with van der Waals surface area (Å²) in [6.07, 6.45) is 0. The summed E-state index contributed by atoms with van der Waals surface area (Å²) >= 11 is 0. The van der Waals surface area contributed by atoms with Gasteiger partial charge in [-0.2, -0.15) is 0 Å². The van der Waals surface area contributed by atoms with E-state index in [1.54, 1.807) is 19.1 Å². The smallest absolute Gasteiger partial charge is 0.241 e. The molecule has 0 saturated heterocycles. The molecule has 1 aromatic carbocycles. The van der Waals surface area contributed by atoms with E-state index < -0.39 is 6.04 Å². The number of anilines is 1. The van der Waals surface area contributed by atoms with Crippen LogP contribution in [0.2, 0.25) is 0 Å². The van der Waals surface area contributed by atoms with Crippen LogP contribution in [0.4, 0.5) is 10.1 Å². The largest absolute Gasteiger partial charge is 0.325 e. The van der Waals surface area contributed by atoms with Gasteiger partial charge < -0.3 is 11.1 Å². The average molecular weight is 238 g/mol. The molecule has 0 aliphatic carbocycles. The van der Waals surface area contributed by atoms with Gasteiger partial charge in [-0.25, -0.2) is 4.39 Å². The van der Waals surface area contributed by atoms with Crippen molar-refractivity contribution in [3.63, 3.8) is 0 Å². The van der Waals surface area contributed by atoms with Gasteiger partial charge in [-0.05, 0) is 30.0 Å². The van der Waals surface area contributed by atoms with Crippen LogP contribution in [-0.4, -0.2) is 11.9 Å². The molecule has 1 rings (SSSR count). The number of aryl methyl sites for hydroxylation is 1. The molecule has 17 heavy (non-hydrogen) atoms. The van der Waals surface area contributed by atoms with Crippen LogP contribution in [0.1, 0.15) is 26.3 Å². The zero-order valence-electron chi connectivity index (χ0n) is 10.7. The molecule has 3 nitrogen and oxygen atoms in total. The number of rotatable bonds is 2. The minimum atomic E-state index is -0.633. The lowest BCUT2D eigenvalue weighted by atomic mass is 9.87. The Hall–Kier alpha value is -1.42. The van der Waals surface area contributed by atoms with Crippen molar-refractivity contribution in [2.45, 2.75) is 33.7 Å². The van der Waals surface area contributed by atoms with E-state index in [0.29, 0.717) is 11.3 Å². The van der Waals surface area contributed by atoms with Crippen molar-refractivity contribution in [2.75, 3.05) is 5.32 Å². The second kappa shape index (κ2) is 4.84. The third-order valence-electron chi connectivity index (χ3n) is 2.65. The molecule has 0 spiro atoms. The van der Waals surface area contributed by atoms with Crippen LogP contribution < -0.4 is 11.1 Å². The van der Waals surface area contributed by atoms with Crippen molar-refractivity contribution in [3.8, 4) is 0 Å². The van der Waals surface area contributed by atoms with Gasteiger partial charge in [-0.15, -0.1) is 0 Å². The van der Waals surface area contributed by atoms with E-state index in [2.05, 4.69) is 5.32 Å². The summed E-state index contributed by atoms with van der Waals surface area (Å²) in [5.41, 5.74) is 6.45. The van der Waals surface area contributed by atoms with E-state index >= 15 is 0 Å². The molecule has 1 amide bonds. The summed E-state index contributed by atoms with van der Waals surface area (Å²) in [5, 5.41) is 2.61. The van der Waals surface area contributed by atoms with Crippen LogP contribution in [0.3, 0.4) is 0 Å². The van der Waals surface area contributed by atoms with Crippen LogP contribution in [0.15, 0.2) is 18.2 Å². The first kappa shape index (κ1) is 13.6. The van der Waals surface area contributed by atoms with Crippen molar-refractivity contribution in [1.82, 2.24) is 0 Å². The maximum absolute atomic E-state index is 13.3. The summed E-state index contributed by atoms with van der Waals surface area (Å²) < 4.78 is 13.3. The second-order valence-electron chi connectivity index (χ2n) is 5.30. The summed E-state index contributed by atoms with van der Waals surface area (Å²) in [6.45, 7) is 7.31. The fraction of sp³-hybridized carbons (Fsp3) is 0.462. The Kier molecular flexibility index (Phi) is 3.88. The molecule has 0 aromatic heterocycles. The Morgan fingerprint density at radius 3 is 2.47 bits per heavy atom. The van der Waals surface area contributed by atoms with Crippen molar-refractivity contribution < 1.29 is 9.18 Å². The van der Waals surface area contributed by atoms with Crippen molar-refractivity contribution in [3.05, 3.63) is 29.6 Å². The van der Waals surface area contributed by atoms with Gasteiger partial charge in [0, 0.05) is 5.69 Å². The number of nitrogens with two attached hydrogens (primary N) is 1. The third kappa shape index (κ3) is 3.53. The molecule has 0 heterocycles. The molecule has 94 valence electrons. The molecule has 4 heteroatoms. The lowest BCUT2D eigenvalue weighted by Crippen LogP contribution is -2.45. The molecule has 3 N–H and O–H groups in total. The summed E-state index contributed by atoms with van der Waals surface area (Å²) in [6, 6.07) is 3.94. The van der Waals surface area contributed by atoms with Gasteiger partial charge in [-0.3, -0.25) is 4.79 Å². The van der Waals surface area contributed by atoms with Crippen molar-refractivity contribution >= 4 is 11.6 Å². The van der Waals surface area contributed by atoms with E-state index in [0.717, 1.165) is 0 Å². The first-order valence-corrected chi connectivity index (χ1v) is 5.54. The van der Waals surface area contributed by atoms with Gasteiger partial charge >= 0.3 is 0 Å². The molecular formula is C13H19FN2O. The number of nitrogens with one attached hydrogen (secondary N) is 1. The Bertz CT molecular complexity index is 424. The molecule has 0 fully saturated rings. The fourth-order valence-corrected chi connectivity index (χ4v) is 1.28. The highest BCUT2D eigenvalue weighted by molar-refractivity contribution is 5.95. The number of carbonyl (C=O) groups is 1. The lowest BCUT2D eigenvalue weighted by Gasteiger charge is -2.25. The lowest BCUT2D eigenvalue weighted by molar-refractivity contribution is -0.119. The Morgan fingerprint density at radius 2 is 2.00 bits per heavy atom. The molecule has 0 aliphatic heterocycles. The molecule has 0 saturated carbocycles. The second-order valence-corrected chi connectivity index (χ2v) is 5.30. The minimum absolute atomic E-state index is 0.305. The zero-order valence-corrected chi connectivity index (χ0v) is 10.7. The quantitative estimate of drug-likeness (QED) is 0.831. The highest BCUT2D eigenvalue weighted by Crippen LogP contribution is 2.19. The van der Waals surface area contributed by atoms with E-state index in [1.165, 1.54) is 6.07 Å². The number of benzene rings is 1. The molecule has 0 radical (unpaired) electrons. The summed E-state index contributed by atoms with van der Waals surface area (Å²) in [4.78, 5) is 11.8. The van der Waals surface area contributed by atoms with Crippen molar-refractivity contribution in [2.24, 2.45) is 11.1 Å².